The SMILES string of the molecule is CCCCCCOc1ccc(CNC(CO)(CO)CO)cc1.Cl. The monoisotopic (exact) mass is 347 g/mol. The molecule has 1 aromatic rings. The molecule has 23 heavy (non-hydrogen) atoms. The first-order valence-electron chi connectivity index (χ1n) is 7.99. The Hall–Kier alpha value is -0.850. The highest BCUT2D eigenvalue weighted by Crippen LogP contribution is 2.14. The van der Waals surface area contributed by atoms with E-state index in [9.17, 15) is 15.3 Å². The molecule has 0 unspecified atom stereocenters. The molecule has 0 bridgehead atoms. The van der Waals surface area contributed by atoms with E-state index in [4.69, 9.17) is 4.74 Å². The molecule has 0 atom stereocenters. The fourth-order valence-corrected chi connectivity index (χ4v) is 2.03. The average molecular weight is 348 g/mol. The molecule has 4 N–H and O–H groups in total. The first-order valence-corrected chi connectivity index (χ1v) is 7.99. The lowest BCUT2D eigenvalue weighted by Gasteiger charge is -2.28. The zero-order valence-electron chi connectivity index (χ0n) is 13.8. The average Bonchev–Trinajstić information content (AvgIpc) is 2.57. The van der Waals surface area contributed by atoms with Gasteiger partial charge in [-0.3, -0.25) is 0 Å². The van der Waals surface area contributed by atoms with Crippen molar-refractivity contribution in [2.45, 2.75) is 44.7 Å². The molecule has 0 heterocycles. The Labute approximate surface area is 145 Å². The Morgan fingerprint density at radius 2 is 1.57 bits per heavy atom. The van der Waals surface area contributed by atoms with Crippen molar-refractivity contribution in [3.05, 3.63) is 29.8 Å². The largest absolute Gasteiger partial charge is 0.494 e. The minimum absolute atomic E-state index is 0. The van der Waals surface area contributed by atoms with Gasteiger partial charge < -0.3 is 25.4 Å². The maximum atomic E-state index is 9.25. The normalized spacial score (nSPS) is 11.1. The van der Waals surface area contributed by atoms with Gasteiger partial charge in [0.25, 0.3) is 0 Å². The number of hydrogen-bond acceptors (Lipinski definition) is 5. The molecule has 0 aliphatic rings. The van der Waals surface area contributed by atoms with Gasteiger partial charge in [-0.05, 0) is 24.1 Å². The smallest absolute Gasteiger partial charge is 0.119 e. The highest BCUT2D eigenvalue weighted by Gasteiger charge is 2.26. The standard InChI is InChI=1S/C17H29NO4.ClH/c1-2-3-4-5-10-22-16-8-6-15(7-9-16)11-18-17(12-19,13-20)14-21;/h6-9,18-21H,2-5,10-14H2,1H3;1H. The number of hydrogen-bond donors (Lipinski definition) is 4. The van der Waals surface area contributed by atoms with E-state index in [0.717, 1.165) is 24.3 Å². The van der Waals surface area contributed by atoms with Crippen molar-refractivity contribution < 1.29 is 20.1 Å². The second kappa shape index (κ2) is 12.6. The van der Waals surface area contributed by atoms with E-state index >= 15 is 0 Å². The van der Waals surface area contributed by atoms with Crippen LogP contribution in [-0.2, 0) is 6.54 Å². The van der Waals surface area contributed by atoms with E-state index in [1.54, 1.807) is 0 Å². The van der Waals surface area contributed by atoms with E-state index in [0.29, 0.717) is 6.54 Å². The minimum atomic E-state index is -1.05. The van der Waals surface area contributed by atoms with Crippen LogP contribution >= 0.6 is 12.4 Å². The van der Waals surface area contributed by atoms with Crippen LogP contribution in [0.5, 0.6) is 5.75 Å². The molecule has 0 fully saturated rings. The third-order valence-corrected chi connectivity index (χ3v) is 3.77. The Bertz CT molecular complexity index is 388. The zero-order valence-corrected chi connectivity index (χ0v) is 14.6. The number of unbranched alkanes of at least 4 members (excludes halogenated alkanes) is 3. The molecule has 0 spiro atoms. The van der Waals surface area contributed by atoms with Crippen molar-refractivity contribution in [1.82, 2.24) is 5.32 Å². The molecule has 1 rings (SSSR count). The van der Waals surface area contributed by atoms with Gasteiger partial charge >= 0.3 is 0 Å². The number of ether oxygens (including phenoxy) is 1. The van der Waals surface area contributed by atoms with Crippen molar-refractivity contribution in [2.24, 2.45) is 0 Å². The number of aliphatic hydroxyl groups is 3. The molecule has 0 aromatic heterocycles. The van der Waals surface area contributed by atoms with Gasteiger partial charge in [-0.15, -0.1) is 12.4 Å². The third kappa shape index (κ3) is 7.99. The van der Waals surface area contributed by atoms with E-state index in [-0.39, 0.29) is 32.2 Å². The highest BCUT2D eigenvalue weighted by molar-refractivity contribution is 5.85. The lowest BCUT2D eigenvalue weighted by Crippen LogP contribution is -2.54. The van der Waals surface area contributed by atoms with E-state index < -0.39 is 5.54 Å². The number of rotatable bonds is 12. The molecule has 5 nitrogen and oxygen atoms in total. The van der Waals surface area contributed by atoms with E-state index in [2.05, 4.69) is 12.2 Å². The molecular weight excluding hydrogens is 318 g/mol. The second-order valence-corrected chi connectivity index (χ2v) is 5.66. The first kappa shape index (κ1) is 22.1. The Morgan fingerprint density at radius 3 is 2.09 bits per heavy atom. The van der Waals surface area contributed by atoms with Gasteiger partial charge in [-0.2, -0.15) is 0 Å². The molecule has 6 heteroatoms. The van der Waals surface area contributed by atoms with Gasteiger partial charge in [0.2, 0.25) is 0 Å². The summed E-state index contributed by atoms with van der Waals surface area (Å²) in [5.74, 6) is 0.845. The van der Waals surface area contributed by atoms with Crippen LogP contribution in [0.15, 0.2) is 24.3 Å². The number of aliphatic hydroxyl groups excluding tert-OH is 3. The zero-order chi connectivity index (χ0) is 16.3. The molecule has 1 aromatic carbocycles. The lowest BCUT2D eigenvalue weighted by atomic mass is 10.0. The van der Waals surface area contributed by atoms with Crippen LogP contribution in [-0.4, -0.2) is 47.3 Å². The topological polar surface area (TPSA) is 82.0 Å². The van der Waals surface area contributed by atoms with Crippen LogP contribution in [0.1, 0.15) is 38.2 Å². The van der Waals surface area contributed by atoms with Crippen molar-refractivity contribution in [3.63, 3.8) is 0 Å². The third-order valence-electron chi connectivity index (χ3n) is 3.77. The van der Waals surface area contributed by atoms with Gasteiger partial charge in [0.1, 0.15) is 5.75 Å². The van der Waals surface area contributed by atoms with E-state index in [1.165, 1.54) is 19.3 Å². The number of nitrogens with one attached hydrogen (secondary N) is 1. The molecule has 0 saturated carbocycles. The molecule has 0 aliphatic heterocycles. The maximum Gasteiger partial charge on any atom is 0.119 e. The number of halogens is 1. The summed E-state index contributed by atoms with van der Waals surface area (Å²) in [4.78, 5) is 0. The van der Waals surface area contributed by atoms with Crippen LogP contribution in [0.3, 0.4) is 0 Å². The molecule has 0 saturated heterocycles. The molecule has 134 valence electrons. The van der Waals surface area contributed by atoms with Gasteiger partial charge in [0, 0.05) is 6.54 Å². The van der Waals surface area contributed by atoms with Crippen LogP contribution < -0.4 is 10.1 Å². The minimum Gasteiger partial charge on any atom is -0.494 e. The van der Waals surface area contributed by atoms with Crippen molar-refractivity contribution in [1.29, 1.82) is 0 Å². The fourth-order valence-electron chi connectivity index (χ4n) is 2.03. The predicted molar refractivity (Wildman–Crippen MR) is 94.2 cm³/mol. The van der Waals surface area contributed by atoms with Crippen LogP contribution in [0, 0.1) is 0 Å². The summed E-state index contributed by atoms with van der Waals surface area (Å²) in [6.07, 6.45) is 4.74. The molecule has 0 radical (unpaired) electrons. The van der Waals surface area contributed by atoms with Crippen molar-refractivity contribution >= 4 is 12.4 Å². The molecule has 0 aliphatic carbocycles. The van der Waals surface area contributed by atoms with E-state index in [1.807, 2.05) is 24.3 Å². The summed E-state index contributed by atoms with van der Waals surface area (Å²) in [5.41, 5.74) is -0.0490. The van der Waals surface area contributed by atoms with Gasteiger partial charge in [-0.25, -0.2) is 0 Å². The summed E-state index contributed by atoms with van der Waals surface area (Å²) >= 11 is 0. The van der Waals surface area contributed by atoms with Crippen molar-refractivity contribution in [3.8, 4) is 5.75 Å². The maximum absolute atomic E-state index is 9.25. The van der Waals surface area contributed by atoms with Gasteiger partial charge in [-0.1, -0.05) is 38.3 Å². The second-order valence-electron chi connectivity index (χ2n) is 5.66. The molecule has 0 amide bonds. The van der Waals surface area contributed by atoms with Crippen LogP contribution in [0.4, 0.5) is 0 Å². The Balaban J connectivity index is 0.00000484. The Morgan fingerprint density at radius 1 is 0.957 bits per heavy atom. The van der Waals surface area contributed by atoms with Gasteiger partial charge in [0.05, 0.1) is 32.0 Å². The van der Waals surface area contributed by atoms with Crippen LogP contribution in [0.2, 0.25) is 0 Å². The molecular formula is C17H30ClNO4. The summed E-state index contributed by atoms with van der Waals surface area (Å²) < 4.78 is 5.68. The quantitative estimate of drug-likeness (QED) is 0.434. The summed E-state index contributed by atoms with van der Waals surface area (Å²) in [6, 6.07) is 7.70. The summed E-state index contributed by atoms with van der Waals surface area (Å²) in [7, 11) is 0. The van der Waals surface area contributed by atoms with Gasteiger partial charge in [0.15, 0.2) is 0 Å². The Kier molecular flexibility index (Phi) is 12.1. The fraction of sp³-hybridized carbons (Fsp3) is 0.647. The highest BCUT2D eigenvalue weighted by atomic mass is 35.5. The van der Waals surface area contributed by atoms with Crippen LogP contribution in [0.25, 0.3) is 0 Å². The summed E-state index contributed by atoms with van der Waals surface area (Å²) in [5, 5.41) is 30.8. The lowest BCUT2D eigenvalue weighted by molar-refractivity contribution is 0.0414. The summed E-state index contributed by atoms with van der Waals surface area (Å²) in [6.45, 7) is 2.42. The first-order chi connectivity index (χ1) is 10.7. The van der Waals surface area contributed by atoms with Crippen molar-refractivity contribution in [2.75, 3.05) is 26.4 Å². The predicted octanol–water partition coefficient (Wildman–Crippen LogP) is 1.87. The number of benzene rings is 1.